The molecule has 8 heteroatoms. The lowest BCUT2D eigenvalue weighted by molar-refractivity contribution is 0.602. The first-order valence-corrected chi connectivity index (χ1v) is 8.98. The number of hydrogen-bond acceptors (Lipinski definition) is 5. The minimum Gasteiger partial charge on any atom is -0.279 e. The molecule has 0 saturated carbocycles. The first kappa shape index (κ1) is 14.4. The molecular weight excluding hydrogens is 374 g/mol. The number of sulfonamides is 1. The molecule has 0 aliphatic carbocycles. The summed E-state index contributed by atoms with van der Waals surface area (Å²) in [4.78, 5) is 0.133. The van der Waals surface area contributed by atoms with Gasteiger partial charge in [0, 0.05) is 4.47 Å². The summed E-state index contributed by atoms with van der Waals surface area (Å²) >= 11 is 4.33. The Balaban J connectivity index is 2.09. The lowest BCUT2D eigenvalue weighted by Gasteiger charge is -2.11. The van der Waals surface area contributed by atoms with E-state index in [1.807, 2.05) is 19.1 Å². The molecule has 0 saturated heterocycles. The van der Waals surface area contributed by atoms with E-state index in [-0.39, 0.29) is 4.90 Å². The van der Waals surface area contributed by atoms with Gasteiger partial charge >= 0.3 is 0 Å². The van der Waals surface area contributed by atoms with E-state index in [0.717, 1.165) is 21.8 Å². The standard InChI is InChI=1S/C13H10BrN3O2S2/c1-8-5-6-9(14)7-11(8)17-21(18,19)12-4-2-3-10-13(12)16-20-15-10/h2-7,17H,1H3. The van der Waals surface area contributed by atoms with E-state index in [9.17, 15) is 8.42 Å². The topological polar surface area (TPSA) is 72.0 Å². The Labute approximate surface area is 134 Å². The Bertz CT molecular complexity index is 922. The van der Waals surface area contributed by atoms with Gasteiger partial charge in [-0.1, -0.05) is 28.1 Å². The Kier molecular flexibility index (Phi) is 3.68. The minimum absolute atomic E-state index is 0.133. The first-order valence-electron chi connectivity index (χ1n) is 5.97. The zero-order valence-electron chi connectivity index (χ0n) is 10.9. The highest BCUT2D eigenvalue weighted by Crippen LogP contribution is 2.26. The summed E-state index contributed by atoms with van der Waals surface area (Å²) in [5.41, 5.74) is 2.34. The maximum atomic E-state index is 12.6. The van der Waals surface area contributed by atoms with Crippen LogP contribution in [0, 0.1) is 6.92 Å². The van der Waals surface area contributed by atoms with Crippen molar-refractivity contribution in [1.29, 1.82) is 0 Å². The molecule has 1 heterocycles. The molecule has 3 aromatic rings. The van der Waals surface area contributed by atoms with Gasteiger partial charge in [0.15, 0.2) is 0 Å². The smallest absolute Gasteiger partial charge is 0.264 e. The second-order valence-electron chi connectivity index (χ2n) is 4.45. The van der Waals surface area contributed by atoms with Crippen LogP contribution in [0.3, 0.4) is 0 Å². The lowest BCUT2D eigenvalue weighted by Crippen LogP contribution is -2.14. The van der Waals surface area contributed by atoms with Crippen LogP contribution in [0.25, 0.3) is 11.0 Å². The van der Waals surface area contributed by atoms with Crippen LogP contribution in [0.2, 0.25) is 0 Å². The monoisotopic (exact) mass is 383 g/mol. The zero-order chi connectivity index (χ0) is 15.0. The van der Waals surface area contributed by atoms with Gasteiger partial charge in [0.05, 0.1) is 17.4 Å². The third-order valence-electron chi connectivity index (χ3n) is 2.98. The number of nitrogens with one attached hydrogen (secondary N) is 1. The number of anilines is 1. The lowest BCUT2D eigenvalue weighted by atomic mass is 10.2. The molecule has 0 fully saturated rings. The van der Waals surface area contributed by atoms with Crippen molar-refractivity contribution in [3.8, 4) is 0 Å². The number of aromatic nitrogens is 2. The van der Waals surface area contributed by atoms with Gasteiger partial charge in [-0.25, -0.2) is 8.42 Å². The molecule has 0 bridgehead atoms. The summed E-state index contributed by atoms with van der Waals surface area (Å²) in [6.07, 6.45) is 0. The minimum atomic E-state index is -3.72. The summed E-state index contributed by atoms with van der Waals surface area (Å²) in [5, 5.41) is 0. The van der Waals surface area contributed by atoms with E-state index in [4.69, 9.17) is 0 Å². The highest BCUT2D eigenvalue weighted by atomic mass is 79.9. The molecule has 0 amide bonds. The molecule has 108 valence electrons. The van der Waals surface area contributed by atoms with E-state index in [1.54, 1.807) is 18.2 Å². The predicted molar refractivity (Wildman–Crippen MR) is 87.1 cm³/mol. The van der Waals surface area contributed by atoms with Gasteiger partial charge in [-0.3, -0.25) is 4.72 Å². The summed E-state index contributed by atoms with van der Waals surface area (Å²) in [6.45, 7) is 1.84. The Hall–Kier alpha value is -1.51. The largest absolute Gasteiger partial charge is 0.279 e. The van der Waals surface area contributed by atoms with E-state index in [0.29, 0.717) is 16.7 Å². The van der Waals surface area contributed by atoms with Gasteiger partial charge in [-0.15, -0.1) is 0 Å². The normalized spacial score (nSPS) is 11.7. The molecule has 5 nitrogen and oxygen atoms in total. The van der Waals surface area contributed by atoms with Crippen LogP contribution < -0.4 is 4.72 Å². The Morgan fingerprint density at radius 1 is 1.19 bits per heavy atom. The summed E-state index contributed by atoms with van der Waals surface area (Å²) in [6, 6.07) is 10.4. The number of fused-ring (bicyclic) bond motifs is 1. The number of aryl methyl sites for hydroxylation is 1. The third kappa shape index (κ3) is 2.78. The Morgan fingerprint density at radius 3 is 2.81 bits per heavy atom. The van der Waals surface area contributed by atoms with Crippen LogP contribution in [0.5, 0.6) is 0 Å². The molecule has 0 aliphatic heterocycles. The molecule has 1 N–H and O–H groups in total. The quantitative estimate of drug-likeness (QED) is 0.750. The summed E-state index contributed by atoms with van der Waals surface area (Å²) in [5.74, 6) is 0. The SMILES string of the molecule is Cc1ccc(Br)cc1NS(=O)(=O)c1cccc2nsnc12. The van der Waals surface area contributed by atoms with Crippen molar-refractivity contribution in [2.24, 2.45) is 0 Å². The van der Waals surface area contributed by atoms with E-state index in [2.05, 4.69) is 29.4 Å². The summed E-state index contributed by atoms with van der Waals surface area (Å²) in [7, 11) is -3.72. The van der Waals surface area contributed by atoms with Crippen molar-refractivity contribution in [3.05, 3.63) is 46.4 Å². The molecular formula is C13H10BrN3O2S2. The highest BCUT2D eigenvalue weighted by molar-refractivity contribution is 9.10. The Morgan fingerprint density at radius 2 is 2.00 bits per heavy atom. The van der Waals surface area contributed by atoms with Crippen molar-refractivity contribution in [3.63, 3.8) is 0 Å². The van der Waals surface area contributed by atoms with Crippen molar-refractivity contribution in [2.75, 3.05) is 4.72 Å². The molecule has 0 aliphatic rings. The van der Waals surface area contributed by atoms with Gasteiger partial charge < -0.3 is 0 Å². The van der Waals surface area contributed by atoms with E-state index in [1.165, 1.54) is 6.07 Å². The molecule has 0 spiro atoms. The van der Waals surface area contributed by atoms with Gasteiger partial charge in [0.2, 0.25) is 0 Å². The van der Waals surface area contributed by atoms with Crippen LogP contribution in [-0.2, 0) is 10.0 Å². The average molecular weight is 384 g/mol. The van der Waals surface area contributed by atoms with Crippen LogP contribution in [0.1, 0.15) is 5.56 Å². The van der Waals surface area contributed by atoms with Crippen LogP contribution in [-0.4, -0.2) is 17.2 Å². The van der Waals surface area contributed by atoms with Gasteiger partial charge in [0.25, 0.3) is 10.0 Å². The van der Waals surface area contributed by atoms with E-state index < -0.39 is 10.0 Å². The third-order valence-corrected chi connectivity index (χ3v) is 5.42. The van der Waals surface area contributed by atoms with Crippen molar-refractivity contribution in [1.82, 2.24) is 8.75 Å². The van der Waals surface area contributed by atoms with Gasteiger partial charge in [0.1, 0.15) is 15.9 Å². The van der Waals surface area contributed by atoms with Gasteiger partial charge in [-0.2, -0.15) is 8.75 Å². The average Bonchev–Trinajstić information content (AvgIpc) is 2.90. The van der Waals surface area contributed by atoms with E-state index >= 15 is 0 Å². The maximum absolute atomic E-state index is 12.6. The predicted octanol–water partition coefficient (Wildman–Crippen LogP) is 3.56. The second kappa shape index (κ2) is 5.36. The van der Waals surface area contributed by atoms with Crippen molar-refractivity contribution < 1.29 is 8.42 Å². The highest BCUT2D eigenvalue weighted by Gasteiger charge is 2.20. The number of halogens is 1. The van der Waals surface area contributed by atoms with Gasteiger partial charge in [-0.05, 0) is 36.8 Å². The fraction of sp³-hybridized carbons (Fsp3) is 0.0769. The molecule has 0 radical (unpaired) electrons. The summed E-state index contributed by atoms with van der Waals surface area (Å²) < 4.78 is 36.7. The number of rotatable bonds is 3. The van der Waals surface area contributed by atoms with Crippen molar-refractivity contribution in [2.45, 2.75) is 11.8 Å². The van der Waals surface area contributed by atoms with Crippen molar-refractivity contribution >= 4 is 54.4 Å². The van der Waals surface area contributed by atoms with Crippen LogP contribution >= 0.6 is 27.7 Å². The molecule has 1 aromatic heterocycles. The maximum Gasteiger partial charge on any atom is 0.264 e. The number of hydrogen-bond donors (Lipinski definition) is 1. The number of nitrogens with zero attached hydrogens (tertiary/aromatic N) is 2. The fourth-order valence-electron chi connectivity index (χ4n) is 1.90. The molecule has 2 aromatic carbocycles. The zero-order valence-corrected chi connectivity index (χ0v) is 14.1. The number of benzene rings is 2. The van der Waals surface area contributed by atoms with Crippen LogP contribution in [0.4, 0.5) is 5.69 Å². The molecule has 0 unspecified atom stereocenters. The first-order chi connectivity index (χ1) is 9.97. The van der Waals surface area contributed by atoms with Crippen LogP contribution in [0.15, 0.2) is 45.8 Å². The molecule has 21 heavy (non-hydrogen) atoms. The fourth-order valence-corrected chi connectivity index (χ4v) is 4.15. The molecule has 0 atom stereocenters. The second-order valence-corrected chi connectivity index (χ2v) is 7.55. The molecule has 3 rings (SSSR count).